The number of aromatic hydroxyl groups is 1. The van der Waals surface area contributed by atoms with Crippen LogP contribution < -0.4 is 4.72 Å². The van der Waals surface area contributed by atoms with Crippen molar-refractivity contribution in [1.82, 2.24) is 0 Å². The van der Waals surface area contributed by atoms with Crippen LogP contribution in [0.5, 0.6) is 5.75 Å². The largest absolute Gasteiger partial charge is 0.503 e. The first-order chi connectivity index (χ1) is 12.0. The van der Waals surface area contributed by atoms with E-state index in [1.807, 2.05) is 13.8 Å². The van der Waals surface area contributed by atoms with Gasteiger partial charge in [-0.2, -0.15) is 8.78 Å². The third-order valence-corrected chi connectivity index (χ3v) is 5.09. The molecule has 0 saturated carbocycles. The smallest absolute Gasteiger partial charge is 0.262 e. The van der Waals surface area contributed by atoms with Gasteiger partial charge in [-0.15, -0.1) is 0 Å². The van der Waals surface area contributed by atoms with Crippen LogP contribution in [0.3, 0.4) is 0 Å². The van der Waals surface area contributed by atoms with Gasteiger partial charge in [0, 0.05) is 0 Å². The summed E-state index contributed by atoms with van der Waals surface area (Å²) in [6.45, 7) is 4.09. The van der Waals surface area contributed by atoms with Gasteiger partial charge < -0.3 is 5.11 Å². The lowest BCUT2D eigenvalue weighted by atomic mass is 10.0. The van der Waals surface area contributed by atoms with Gasteiger partial charge in [-0.25, -0.2) is 17.2 Å². The number of halogens is 4. The Hall–Kier alpha value is -2.29. The fourth-order valence-corrected chi connectivity index (χ4v) is 3.25. The summed E-state index contributed by atoms with van der Waals surface area (Å²) in [5.74, 6) is -9.67. The van der Waals surface area contributed by atoms with Crippen molar-refractivity contribution < 1.29 is 31.1 Å². The van der Waals surface area contributed by atoms with Gasteiger partial charge in [0.05, 0.1) is 4.90 Å². The molecule has 0 aromatic heterocycles. The maximum absolute atomic E-state index is 13.7. The molecule has 2 rings (SSSR count). The first kappa shape index (κ1) is 20.0. The second-order valence-electron chi connectivity index (χ2n) is 6.16. The molecule has 2 aromatic rings. The van der Waals surface area contributed by atoms with E-state index in [2.05, 4.69) is 0 Å². The predicted molar refractivity (Wildman–Crippen MR) is 88.3 cm³/mol. The second kappa shape index (κ2) is 7.53. The van der Waals surface area contributed by atoms with Crippen LogP contribution in [-0.2, 0) is 16.4 Å². The SMILES string of the molecule is CC(C)CCc1ccc(S(=O)(=O)Nc2c(F)c(F)c(O)c(F)c2F)cc1. The summed E-state index contributed by atoms with van der Waals surface area (Å²) in [5, 5.41) is 8.92. The van der Waals surface area contributed by atoms with Crippen molar-refractivity contribution in [2.75, 3.05) is 4.72 Å². The van der Waals surface area contributed by atoms with Gasteiger partial charge in [0.25, 0.3) is 10.0 Å². The van der Waals surface area contributed by atoms with E-state index in [-0.39, 0.29) is 4.90 Å². The molecule has 0 unspecified atom stereocenters. The minimum absolute atomic E-state index is 0.335. The monoisotopic (exact) mass is 391 g/mol. The van der Waals surface area contributed by atoms with E-state index in [0.29, 0.717) is 5.92 Å². The lowest BCUT2D eigenvalue weighted by Crippen LogP contribution is -2.16. The van der Waals surface area contributed by atoms with Gasteiger partial charge in [-0.3, -0.25) is 4.72 Å². The van der Waals surface area contributed by atoms with E-state index in [1.54, 1.807) is 12.1 Å². The molecule has 9 heteroatoms. The third kappa shape index (κ3) is 4.09. The number of anilines is 1. The van der Waals surface area contributed by atoms with E-state index >= 15 is 0 Å². The van der Waals surface area contributed by atoms with E-state index in [1.165, 1.54) is 16.9 Å². The molecular formula is C17H17F4NO3S. The average Bonchev–Trinajstić information content (AvgIpc) is 2.60. The number of rotatable bonds is 6. The molecule has 0 aliphatic rings. The molecule has 0 radical (unpaired) electrons. The first-order valence-electron chi connectivity index (χ1n) is 7.71. The number of hydrogen-bond acceptors (Lipinski definition) is 3. The van der Waals surface area contributed by atoms with Crippen LogP contribution in [0.1, 0.15) is 25.8 Å². The van der Waals surface area contributed by atoms with Crippen molar-refractivity contribution in [3.8, 4) is 5.75 Å². The average molecular weight is 391 g/mol. The Balaban J connectivity index is 2.32. The molecule has 0 fully saturated rings. The Kier molecular flexibility index (Phi) is 5.80. The number of phenols is 1. The topological polar surface area (TPSA) is 66.4 Å². The van der Waals surface area contributed by atoms with Crippen LogP contribution in [0.2, 0.25) is 0 Å². The number of phenolic OH excluding ortho intramolecular Hbond substituents is 1. The molecular weight excluding hydrogens is 374 g/mol. The zero-order valence-corrected chi connectivity index (χ0v) is 14.8. The maximum Gasteiger partial charge on any atom is 0.262 e. The number of benzene rings is 2. The quantitative estimate of drug-likeness (QED) is 0.437. The van der Waals surface area contributed by atoms with E-state index in [9.17, 15) is 26.0 Å². The Morgan fingerprint density at radius 1 is 0.962 bits per heavy atom. The molecule has 0 spiro atoms. The van der Waals surface area contributed by atoms with Gasteiger partial charge in [-0.05, 0) is 36.5 Å². The molecule has 0 heterocycles. The van der Waals surface area contributed by atoms with Crippen LogP contribution in [0.25, 0.3) is 0 Å². The highest BCUT2D eigenvalue weighted by molar-refractivity contribution is 7.92. The third-order valence-electron chi connectivity index (χ3n) is 3.72. The van der Waals surface area contributed by atoms with Crippen LogP contribution in [0.15, 0.2) is 29.2 Å². The minimum Gasteiger partial charge on any atom is -0.503 e. The summed E-state index contributed by atoms with van der Waals surface area (Å²) in [5.41, 5.74) is -0.668. The molecule has 2 N–H and O–H groups in total. The maximum atomic E-state index is 13.7. The second-order valence-corrected chi connectivity index (χ2v) is 7.84. The summed E-state index contributed by atoms with van der Waals surface area (Å²) >= 11 is 0. The normalized spacial score (nSPS) is 11.8. The van der Waals surface area contributed by atoms with Gasteiger partial charge in [0.15, 0.2) is 17.4 Å². The number of nitrogens with one attached hydrogen (secondary N) is 1. The van der Waals surface area contributed by atoms with E-state index in [4.69, 9.17) is 5.11 Å². The zero-order valence-electron chi connectivity index (χ0n) is 14.0. The predicted octanol–water partition coefficient (Wildman–Crippen LogP) is 4.34. The highest BCUT2D eigenvalue weighted by atomic mass is 32.2. The highest BCUT2D eigenvalue weighted by Crippen LogP contribution is 2.33. The van der Waals surface area contributed by atoms with E-state index in [0.717, 1.165) is 18.4 Å². The molecule has 0 atom stereocenters. The molecule has 0 aliphatic heterocycles. The van der Waals surface area contributed by atoms with Crippen LogP contribution in [-0.4, -0.2) is 13.5 Å². The molecule has 2 aromatic carbocycles. The number of sulfonamides is 1. The lowest BCUT2D eigenvalue weighted by molar-refractivity contribution is 0.359. The van der Waals surface area contributed by atoms with Crippen molar-refractivity contribution in [3.05, 3.63) is 53.1 Å². The minimum atomic E-state index is -4.50. The Labute approximate surface area is 148 Å². The summed E-state index contributed by atoms with van der Waals surface area (Å²) in [7, 11) is -4.50. The van der Waals surface area contributed by atoms with Gasteiger partial charge in [-0.1, -0.05) is 26.0 Å². The molecule has 4 nitrogen and oxygen atoms in total. The summed E-state index contributed by atoms with van der Waals surface area (Å²) in [4.78, 5) is -0.335. The molecule has 0 saturated heterocycles. The van der Waals surface area contributed by atoms with Crippen molar-refractivity contribution in [2.45, 2.75) is 31.6 Å². The highest BCUT2D eigenvalue weighted by Gasteiger charge is 2.28. The molecule has 0 bridgehead atoms. The first-order valence-corrected chi connectivity index (χ1v) is 9.19. The lowest BCUT2D eigenvalue weighted by Gasteiger charge is -2.12. The standard InChI is InChI=1S/C17H17F4NO3S/c1-9(2)3-4-10-5-7-11(8-6-10)26(24,25)22-16-12(18)14(20)17(23)15(21)13(16)19/h5-9,22-23H,3-4H2,1-2H3. The van der Waals surface area contributed by atoms with Crippen LogP contribution in [0, 0.1) is 29.2 Å². The molecule has 142 valence electrons. The summed E-state index contributed by atoms with van der Waals surface area (Å²) in [6.07, 6.45) is 1.62. The fraction of sp³-hybridized carbons (Fsp3) is 0.294. The van der Waals surface area contributed by atoms with Crippen molar-refractivity contribution in [1.29, 1.82) is 0 Å². The van der Waals surface area contributed by atoms with Gasteiger partial charge in [0.1, 0.15) is 5.69 Å². The molecule has 26 heavy (non-hydrogen) atoms. The van der Waals surface area contributed by atoms with Gasteiger partial charge >= 0.3 is 0 Å². The number of aryl methyl sites for hydroxylation is 1. The summed E-state index contributed by atoms with van der Waals surface area (Å²) in [6, 6.07) is 5.53. The van der Waals surface area contributed by atoms with Crippen molar-refractivity contribution in [3.63, 3.8) is 0 Å². The summed E-state index contributed by atoms with van der Waals surface area (Å²) < 4.78 is 80.1. The van der Waals surface area contributed by atoms with Gasteiger partial charge in [0.2, 0.25) is 11.6 Å². The zero-order chi connectivity index (χ0) is 19.6. The fourth-order valence-electron chi connectivity index (χ4n) is 2.19. The Morgan fingerprint density at radius 2 is 1.46 bits per heavy atom. The molecule has 0 aliphatic carbocycles. The van der Waals surface area contributed by atoms with Crippen LogP contribution in [0.4, 0.5) is 23.2 Å². The van der Waals surface area contributed by atoms with Crippen molar-refractivity contribution >= 4 is 15.7 Å². The number of hydrogen-bond donors (Lipinski definition) is 2. The van der Waals surface area contributed by atoms with E-state index < -0.39 is 44.7 Å². The Bertz CT molecular complexity index is 884. The van der Waals surface area contributed by atoms with Crippen LogP contribution >= 0.6 is 0 Å². The molecule has 0 amide bonds. The van der Waals surface area contributed by atoms with Crippen molar-refractivity contribution in [2.24, 2.45) is 5.92 Å². The Morgan fingerprint density at radius 3 is 1.92 bits per heavy atom.